The summed E-state index contributed by atoms with van der Waals surface area (Å²) >= 11 is 0. The van der Waals surface area contributed by atoms with Crippen LogP contribution in [-0.4, -0.2) is 24.2 Å². The van der Waals surface area contributed by atoms with E-state index in [1.165, 1.54) is 17.7 Å². The quantitative estimate of drug-likeness (QED) is 0.720. The number of aromatic hydroxyl groups is 1. The molecule has 2 aliphatic rings. The van der Waals surface area contributed by atoms with Crippen LogP contribution in [0.3, 0.4) is 0 Å². The molecule has 3 rings (SSSR count). The Morgan fingerprint density at radius 2 is 2.33 bits per heavy atom. The number of nitrogens with two attached hydrogens (primary N) is 1. The molecule has 2 heterocycles. The van der Waals surface area contributed by atoms with Crippen molar-refractivity contribution in [3.05, 3.63) is 23.8 Å². The summed E-state index contributed by atoms with van der Waals surface area (Å²) in [5.41, 5.74) is 8.35. The number of phenols is 1. The molecule has 3 N–H and O–H groups in total. The summed E-state index contributed by atoms with van der Waals surface area (Å²) in [6, 6.07) is 6.27. The fourth-order valence-corrected chi connectivity index (χ4v) is 2.99. The third kappa shape index (κ3) is 1.23. The molecule has 2 unspecified atom stereocenters. The van der Waals surface area contributed by atoms with Crippen LogP contribution in [-0.2, 0) is 6.42 Å². The van der Waals surface area contributed by atoms with Gasteiger partial charge in [-0.1, -0.05) is 6.07 Å². The Hall–Kier alpha value is -1.22. The highest BCUT2D eigenvalue weighted by Crippen LogP contribution is 2.41. The Morgan fingerprint density at radius 3 is 3.13 bits per heavy atom. The molecule has 0 spiro atoms. The van der Waals surface area contributed by atoms with Crippen LogP contribution in [0.4, 0.5) is 5.69 Å². The summed E-state index contributed by atoms with van der Waals surface area (Å²) in [5, 5.41) is 9.49. The van der Waals surface area contributed by atoms with Crippen LogP contribution < -0.4 is 10.6 Å². The number of hydrogen-bond donors (Lipinski definition) is 2. The topological polar surface area (TPSA) is 49.5 Å². The maximum Gasteiger partial charge on any atom is 0.117 e. The second-order valence-electron chi connectivity index (χ2n) is 4.56. The van der Waals surface area contributed by atoms with Gasteiger partial charge in [-0.2, -0.15) is 0 Å². The highest BCUT2D eigenvalue weighted by molar-refractivity contribution is 5.63. The Kier molecular flexibility index (Phi) is 1.89. The van der Waals surface area contributed by atoms with Crippen molar-refractivity contribution in [2.24, 2.45) is 11.7 Å². The summed E-state index contributed by atoms with van der Waals surface area (Å²) in [4.78, 5) is 2.41. The van der Waals surface area contributed by atoms with Gasteiger partial charge < -0.3 is 15.7 Å². The van der Waals surface area contributed by atoms with Gasteiger partial charge in [0.05, 0.1) is 0 Å². The first-order valence-electron chi connectivity index (χ1n) is 5.58. The average molecular weight is 204 g/mol. The van der Waals surface area contributed by atoms with Gasteiger partial charge in [0, 0.05) is 24.3 Å². The summed E-state index contributed by atoms with van der Waals surface area (Å²) in [6.45, 7) is 1.87. The van der Waals surface area contributed by atoms with Gasteiger partial charge in [-0.25, -0.2) is 0 Å². The molecule has 0 amide bonds. The molecular weight excluding hydrogens is 188 g/mol. The predicted octanol–water partition coefficient (Wildman–Crippen LogP) is 1.10. The first-order valence-corrected chi connectivity index (χ1v) is 5.58. The van der Waals surface area contributed by atoms with Gasteiger partial charge in [-0.05, 0) is 36.9 Å². The smallest absolute Gasteiger partial charge is 0.117 e. The van der Waals surface area contributed by atoms with Crippen LogP contribution >= 0.6 is 0 Å². The third-order valence-corrected chi connectivity index (χ3v) is 3.80. The summed E-state index contributed by atoms with van der Waals surface area (Å²) in [5.74, 6) is 0.991. The van der Waals surface area contributed by atoms with Crippen LogP contribution in [0.15, 0.2) is 18.2 Å². The lowest BCUT2D eigenvalue weighted by atomic mass is 9.97. The molecule has 1 aromatic carbocycles. The number of phenolic OH excluding ortho intramolecular Hbond substituents is 1. The third-order valence-electron chi connectivity index (χ3n) is 3.80. The summed E-state index contributed by atoms with van der Waals surface area (Å²) in [7, 11) is 0. The molecule has 15 heavy (non-hydrogen) atoms. The van der Waals surface area contributed by atoms with E-state index < -0.39 is 0 Å². The van der Waals surface area contributed by atoms with Crippen LogP contribution in [0.25, 0.3) is 0 Å². The Morgan fingerprint density at radius 1 is 1.47 bits per heavy atom. The van der Waals surface area contributed by atoms with E-state index in [1.54, 1.807) is 6.07 Å². The SMILES string of the molecule is NCC1CCN2c3cc(O)ccc3CC12. The van der Waals surface area contributed by atoms with Gasteiger partial charge in [0.1, 0.15) is 5.75 Å². The second-order valence-corrected chi connectivity index (χ2v) is 4.56. The molecule has 0 aromatic heterocycles. The van der Waals surface area contributed by atoms with Crippen LogP contribution in [0.2, 0.25) is 0 Å². The van der Waals surface area contributed by atoms with Crippen molar-refractivity contribution in [3.8, 4) is 5.75 Å². The molecule has 1 aromatic rings. The first kappa shape index (κ1) is 9.04. The van der Waals surface area contributed by atoms with Gasteiger partial charge in [0.25, 0.3) is 0 Å². The fraction of sp³-hybridized carbons (Fsp3) is 0.500. The number of hydrogen-bond acceptors (Lipinski definition) is 3. The summed E-state index contributed by atoms with van der Waals surface area (Å²) in [6.07, 6.45) is 2.29. The van der Waals surface area contributed by atoms with E-state index in [9.17, 15) is 5.11 Å². The van der Waals surface area contributed by atoms with E-state index in [1.807, 2.05) is 12.1 Å². The molecule has 0 aliphatic carbocycles. The highest BCUT2D eigenvalue weighted by atomic mass is 16.3. The van der Waals surface area contributed by atoms with Crippen LogP contribution in [0, 0.1) is 5.92 Å². The number of rotatable bonds is 1. The molecule has 2 atom stereocenters. The Balaban J connectivity index is 1.98. The lowest BCUT2D eigenvalue weighted by Gasteiger charge is -2.21. The normalized spacial score (nSPS) is 27.9. The molecule has 0 saturated carbocycles. The van der Waals surface area contributed by atoms with Crippen molar-refractivity contribution >= 4 is 5.69 Å². The van der Waals surface area contributed by atoms with Crippen molar-refractivity contribution in [1.82, 2.24) is 0 Å². The van der Waals surface area contributed by atoms with Crippen LogP contribution in [0.5, 0.6) is 5.75 Å². The average Bonchev–Trinajstić information content (AvgIpc) is 2.76. The van der Waals surface area contributed by atoms with E-state index >= 15 is 0 Å². The van der Waals surface area contributed by atoms with E-state index in [-0.39, 0.29) is 0 Å². The van der Waals surface area contributed by atoms with Crippen molar-refractivity contribution < 1.29 is 5.11 Å². The maximum atomic E-state index is 9.49. The van der Waals surface area contributed by atoms with Gasteiger partial charge >= 0.3 is 0 Å². The fourth-order valence-electron chi connectivity index (χ4n) is 2.99. The second kappa shape index (κ2) is 3.14. The maximum absolute atomic E-state index is 9.49. The summed E-state index contributed by atoms with van der Waals surface area (Å²) < 4.78 is 0. The number of anilines is 1. The largest absolute Gasteiger partial charge is 0.508 e. The van der Waals surface area contributed by atoms with Crippen molar-refractivity contribution in [2.75, 3.05) is 18.0 Å². The lowest BCUT2D eigenvalue weighted by Crippen LogP contribution is -2.32. The Bertz CT molecular complexity index is 391. The van der Waals surface area contributed by atoms with Gasteiger partial charge in [-0.3, -0.25) is 0 Å². The minimum absolute atomic E-state index is 0.366. The van der Waals surface area contributed by atoms with E-state index in [4.69, 9.17) is 5.73 Å². The zero-order chi connectivity index (χ0) is 10.4. The van der Waals surface area contributed by atoms with Gasteiger partial charge in [0.2, 0.25) is 0 Å². The van der Waals surface area contributed by atoms with E-state index in [2.05, 4.69) is 4.90 Å². The minimum Gasteiger partial charge on any atom is -0.508 e. The first-order chi connectivity index (χ1) is 7.29. The molecule has 80 valence electrons. The van der Waals surface area contributed by atoms with Gasteiger partial charge in [-0.15, -0.1) is 0 Å². The number of nitrogens with zero attached hydrogens (tertiary/aromatic N) is 1. The molecule has 1 fully saturated rings. The lowest BCUT2D eigenvalue weighted by molar-refractivity contribution is 0.475. The molecule has 0 radical (unpaired) electrons. The molecule has 0 bridgehead atoms. The molecule has 1 saturated heterocycles. The standard InChI is InChI=1S/C12H16N2O/c13-7-9-3-4-14-11(9)5-8-1-2-10(15)6-12(8)14/h1-2,6,9,11,15H,3-5,7,13H2. The Labute approximate surface area is 89.5 Å². The highest BCUT2D eigenvalue weighted by Gasteiger charge is 2.39. The van der Waals surface area contributed by atoms with Crippen LogP contribution in [0.1, 0.15) is 12.0 Å². The minimum atomic E-state index is 0.366. The molecule has 3 nitrogen and oxygen atoms in total. The zero-order valence-electron chi connectivity index (χ0n) is 8.69. The number of fused-ring (bicyclic) bond motifs is 3. The van der Waals surface area contributed by atoms with Crippen molar-refractivity contribution in [2.45, 2.75) is 18.9 Å². The van der Waals surface area contributed by atoms with E-state index in [0.29, 0.717) is 17.7 Å². The predicted molar refractivity (Wildman–Crippen MR) is 60.1 cm³/mol. The number of benzene rings is 1. The van der Waals surface area contributed by atoms with E-state index in [0.717, 1.165) is 19.5 Å². The zero-order valence-corrected chi connectivity index (χ0v) is 8.69. The molecular formula is C12H16N2O. The van der Waals surface area contributed by atoms with Gasteiger partial charge in [0.15, 0.2) is 0 Å². The van der Waals surface area contributed by atoms with Crippen molar-refractivity contribution in [1.29, 1.82) is 0 Å². The molecule has 3 heteroatoms. The monoisotopic (exact) mass is 204 g/mol. The van der Waals surface area contributed by atoms with Crippen molar-refractivity contribution in [3.63, 3.8) is 0 Å². The molecule has 2 aliphatic heterocycles.